The van der Waals surface area contributed by atoms with Crippen LogP contribution in [0.15, 0.2) is 17.5 Å². The van der Waals surface area contributed by atoms with Crippen molar-refractivity contribution in [3.63, 3.8) is 0 Å². The van der Waals surface area contributed by atoms with Gasteiger partial charge < -0.3 is 0 Å². The maximum absolute atomic E-state index is 13.3. The van der Waals surface area contributed by atoms with E-state index in [1.54, 1.807) is 5.38 Å². The van der Waals surface area contributed by atoms with Gasteiger partial charge in [0.1, 0.15) is 5.82 Å². The number of halogens is 2. The van der Waals surface area contributed by atoms with Crippen LogP contribution in [-0.2, 0) is 11.8 Å². The van der Waals surface area contributed by atoms with Crippen molar-refractivity contribution in [2.24, 2.45) is 0 Å². The molecule has 2 rings (SSSR count). The minimum atomic E-state index is -0.102. The first-order valence-electron chi connectivity index (χ1n) is 4.50. The van der Waals surface area contributed by atoms with Crippen LogP contribution in [0.25, 0.3) is 10.1 Å². The van der Waals surface area contributed by atoms with E-state index in [1.807, 2.05) is 6.07 Å². The first-order chi connectivity index (χ1) is 6.76. The molecule has 0 fully saturated rings. The van der Waals surface area contributed by atoms with Gasteiger partial charge in [-0.3, -0.25) is 0 Å². The van der Waals surface area contributed by atoms with Crippen molar-refractivity contribution in [2.45, 2.75) is 18.7 Å². The fourth-order valence-electron chi connectivity index (χ4n) is 1.58. The summed E-state index contributed by atoms with van der Waals surface area (Å²) in [6.45, 7) is 2.12. The number of hydrogen-bond acceptors (Lipinski definition) is 1. The summed E-state index contributed by atoms with van der Waals surface area (Å²) in [6, 6.07) is 4.05. The second kappa shape index (κ2) is 3.99. The van der Waals surface area contributed by atoms with Gasteiger partial charge in [0.25, 0.3) is 0 Å². The zero-order valence-electron chi connectivity index (χ0n) is 7.81. The Balaban J connectivity index is 2.71. The molecule has 0 saturated heterocycles. The molecule has 2 aromatic rings. The van der Waals surface area contributed by atoms with Crippen LogP contribution in [0.1, 0.15) is 18.1 Å². The highest BCUT2D eigenvalue weighted by atomic mass is 79.9. The molecule has 0 N–H and O–H groups in total. The monoisotopic (exact) mass is 272 g/mol. The number of thiophene rings is 1. The molecular weight excluding hydrogens is 263 g/mol. The first-order valence-corrected chi connectivity index (χ1v) is 6.50. The number of aryl methyl sites for hydroxylation is 1. The molecule has 0 bridgehead atoms. The maximum atomic E-state index is 13.3. The fourth-order valence-corrected chi connectivity index (χ4v) is 2.96. The molecule has 3 heteroatoms. The summed E-state index contributed by atoms with van der Waals surface area (Å²) in [5, 5.41) is 3.12. The Morgan fingerprint density at radius 1 is 1.36 bits per heavy atom. The van der Waals surface area contributed by atoms with Crippen molar-refractivity contribution in [3.05, 3.63) is 34.5 Å². The zero-order valence-corrected chi connectivity index (χ0v) is 10.2. The van der Waals surface area contributed by atoms with Crippen LogP contribution >= 0.6 is 27.3 Å². The summed E-state index contributed by atoms with van der Waals surface area (Å²) in [6.07, 6.45) is 0.996. The van der Waals surface area contributed by atoms with Crippen molar-refractivity contribution >= 4 is 37.4 Å². The molecule has 0 spiro atoms. The van der Waals surface area contributed by atoms with Crippen molar-refractivity contribution in [3.8, 4) is 0 Å². The average molecular weight is 273 g/mol. The largest absolute Gasteiger partial charge is 0.205 e. The van der Waals surface area contributed by atoms with E-state index in [0.717, 1.165) is 21.8 Å². The Morgan fingerprint density at radius 2 is 2.14 bits per heavy atom. The van der Waals surface area contributed by atoms with Gasteiger partial charge in [0.15, 0.2) is 0 Å². The standard InChI is InChI=1S/C11H10BrFS/c1-2-7-4-11-9(3-8(7)5-12)10(13)6-14-11/h3-4,6H,2,5H2,1H3. The van der Waals surface area contributed by atoms with Crippen molar-refractivity contribution in [1.82, 2.24) is 0 Å². The highest BCUT2D eigenvalue weighted by molar-refractivity contribution is 9.08. The van der Waals surface area contributed by atoms with Crippen LogP contribution in [-0.4, -0.2) is 0 Å². The molecule has 1 aromatic heterocycles. The van der Waals surface area contributed by atoms with Crippen molar-refractivity contribution in [1.29, 1.82) is 0 Å². The topological polar surface area (TPSA) is 0 Å². The molecule has 0 unspecified atom stereocenters. The van der Waals surface area contributed by atoms with Crippen molar-refractivity contribution < 1.29 is 4.39 Å². The molecule has 0 nitrogen and oxygen atoms in total. The minimum Gasteiger partial charge on any atom is -0.205 e. The van der Waals surface area contributed by atoms with Gasteiger partial charge in [-0.2, -0.15) is 0 Å². The molecule has 1 heterocycles. The van der Waals surface area contributed by atoms with Crippen LogP contribution in [0.5, 0.6) is 0 Å². The van der Waals surface area contributed by atoms with E-state index < -0.39 is 0 Å². The average Bonchev–Trinajstić information content (AvgIpc) is 2.58. The lowest BCUT2D eigenvalue weighted by molar-refractivity contribution is 0.644. The molecule has 0 atom stereocenters. The summed E-state index contributed by atoms with van der Waals surface area (Å²) in [4.78, 5) is 0. The lowest BCUT2D eigenvalue weighted by atomic mass is 10.0. The zero-order chi connectivity index (χ0) is 10.1. The molecule has 0 aliphatic rings. The van der Waals surface area contributed by atoms with Crippen LogP contribution in [0.3, 0.4) is 0 Å². The van der Waals surface area contributed by atoms with E-state index in [2.05, 4.69) is 28.9 Å². The third-order valence-corrected chi connectivity index (χ3v) is 3.89. The molecule has 1 aromatic carbocycles. The highest BCUT2D eigenvalue weighted by Crippen LogP contribution is 2.29. The Hall–Kier alpha value is -0.410. The van der Waals surface area contributed by atoms with E-state index in [4.69, 9.17) is 0 Å². The summed E-state index contributed by atoms with van der Waals surface area (Å²) < 4.78 is 14.3. The Bertz CT molecular complexity index is 462. The Kier molecular flexibility index (Phi) is 2.88. The predicted molar refractivity (Wildman–Crippen MR) is 63.8 cm³/mol. The Labute approximate surface area is 94.9 Å². The third-order valence-electron chi connectivity index (χ3n) is 2.37. The normalized spacial score (nSPS) is 11.1. The second-order valence-corrected chi connectivity index (χ2v) is 4.66. The van der Waals surface area contributed by atoms with E-state index in [-0.39, 0.29) is 5.82 Å². The lowest BCUT2D eigenvalue weighted by Gasteiger charge is -2.04. The second-order valence-electron chi connectivity index (χ2n) is 3.19. The molecule has 0 aliphatic heterocycles. The van der Waals surface area contributed by atoms with Gasteiger partial charge in [-0.1, -0.05) is 22.9 Å². The molecule has 74 valence electrons. The van der Waals surface area contributed by atoms with Gasteiger partial charge >= 0.3 is 0 Å². The molecular formula is C11H10BrFS. The van der Waals surface area contributed by atoms with Crippen LogP contribution < -0.4 is 0 Å². The van der Waals surface area contributed by atoms with Gasteiger partial charge in [0, 0.05) is 20.8 Å². The van der Waals surface area contributed by atoms with Gasteiger partial charge in [0.2, 0.25) is 0 Å². The van der Waals surface area contributed by atoms with Crippen LogP contribution in [0.4, 0.5) is 4.39 Å². The SMILES string of the molecule is CCc1cc2scc(F)c2cc1CBr. The molecule has 0 radical (unpaired) electrons. The summed E-state index contributed by atoms with van der Waals surface area (Å²) in [5.74, 6) is -0.102. The van der Waals surface area contributed by atoms with Gasteiger partial charge in [-0.25, -0.2) is 4.39 Å². The number of benzene rings is 1. The fraction of sp³-hybridized carbons (Fsp3) is 0.273. The summed E-state index contributed by atoms with van der Waals surface area (Å²) in [7, 11) is 0. The number of alkyl halides is 1. The summed E-state index contributed by atoms with van der Waals surface area (Å²) >= 11 is 4.90. The van der Waals surface area contributed by atoms with Crippen LogP contribution in [0.2, 0.25) is 0 Å². The van der Waals surface area contributed by atoms with Crippen LogP contribution in [0, 0.1) is 5.82 Å². The highest BCUT2D eigenvalue weighted by Gasteiger charge is 2.07. The number of hydrogen-bond donors (Lipinski definition) is 0. The Morgan fingerprint density at radius 3 is 2.79 bits per heavy atom. The summed E-state index contributed by atoms with van der Waals surface area (Å²) in [5.41, 5.74) is 2.49. The molecule has 0 aliphatic carbocycles. The molecule has 0 amide bonds. The first kappa shape index (κ1) is 10.1. The third kappa shape index (κ3) is 1.59. The smallest absolute Gasteiger partial charge is 0.141 e. The molecule has 14 heavy (non-hydrogen) atoms. The van der Waals surface area contributed by atoms with E-state index in [0.29, 0.717) is 0 Å². The molecule has 0 saturated carbocycles. The van der Waals surface area contributed by atoms with Gasteiger partial charge in [-0.05, 0) is 29.7 Å². The van der Waals surface area contributed by atoms with E-state index in [9.17, 15) is 4.39 Å². The number of rotatable bonds is 2. The predicted octanol–water partition coefficient (Wildman–Crippen LogP) is 4.50. The quantitative estimate of drug-likeness (QED) is 0.707. The van der Waals surface area contributed by atoms with Gasteiger partial charge in [-0.15, -0.1) is 11.3 Å². The maximum Gasteiger partial charge on any atom is 0.141 e. The van der Waals surface area contributed by atoms with Gasteiger partial charge in [0.05, 0.1) is 0 Å². The number of fused-ring (bicyclic) bond motifs is 1. The minimum absolute atomic E-state index is 0.102. The van der Waals surface area contributed by atoms with Crippen molar-refractivity contribution in [2.75, 3.05) is 0 Å². The lowest BCUT2D eigenvalue weighted by Crippen LogP contribution is -1.88. The van der Waals surface area contributed by atoms with E-state index >= 15 is 0 Å². The van der Waals surface area contributed by atoms with E-state index in [1.165, 1.54) is 22.5 Å².